The van der Waals surface area contributed by atoms with Crippen molar-refractivity contribution in [3.63, 3.8) is 0 Å². The van der Waals surface area contributed by atoms with E-state index in [1.165, 1.54) is 0 Å². The van der Waals surface area contributed by atoms with Gasteiger partial charge in [-0.25, -0.2) is 0 Å². The van der Waals surface area contributed by atoms with E-state index in [1.807, 2.05) is 0 Å². The number of aliphatic hydroxyl groups is 2. The number of rotatable bonds is 2. The van der Waals surface area contributed by atoms with Gasteiger partial charge in [-0.15, -0.1) is 0 Å². The van der Waals surface area contributed by atoms with E-state index in [0.717, 1.165) is 0 Å². The second kappa shape index (κ2) is 2.66. The van der Waals surface area contributed by atoms with Crippen LogP contribution in [0.1, 0.15) is 0 Å². The van der Waals surface area contributed by atoms with E-state index >= 15 is 0 Å². The zero-order valence-electron chi connectivity index (χ0n) is 2.97. The van der Waals surface area contributed by atoms with Crippen LogP contribution in [-0.4, -0.2) is 16.4 Å². The summed E-state index contributed by atoms with van der Waals surface area (Å²) >= 11 is 8.77. The first-order chi connectivity index (χ1) is 3.12. The van der Waals surface area contributed by atoms with Gasteiger partial charge in [0.05, 0.1) is 23.7 Å². The van der Waals surface area contributed by atoms with Gasteiger partial charge in [-0.05, 0) is 0 Å². The van der Waals surface area contributed by atoms with Crippen LogP contribution in [0.4, 0.5) is 0 Å². The van der Waals surface area contributed by atoms with Crippen molar-refractivity contribution in [3.05, 3.63) is 0 Å². The summed E-state index contributed by atoms with van der Waals surface area (Å²) < 4.78 is 6.63. The first-order valence-corrected chi connectivity index (χ1v) is 1.78. The van der Waals surface area contributed by atoms with Crippen LogP contribution in [0.5, 0.6) is 0 Å². The zero-order valence-corrected chi connectivity index (χ0v) is 4.48. The zero-order chi connectivity index (χ0) is 5.91. The summed E-state index contributed by atoms with van der Waals surface area (Å²) in [6.45, 7) is 0. The van der Waals surface area contributed by atoms with E-state index in [2.05, 4.69) is 32.3 Å². The predicted molar refractivity (Wildman–Crippen MR) is 21.0 cm³/mol. The first kappa shape index (κ1) is 7.42. The third-order valence-corrected chi connectivity index (χ3v) is 0.603. The summed E-state index contributed by atoms with van der Waals surface area (Å²) in [5.41, 5.74) is 0. The van der Waals surface area contributed by atoms with Gasteiger partial charge in [-0.1, -0.05) is 0 Å². The van der Waals surface area contributed by atoms with Crippen LogP contribution in [0.3, 0.4) is 0 Å². The van der Waals surface area contributed by atoms with Crippen LogP contribution < -0.4 is 0 Å². The first-order valence-electron chi connectivity index (χ1n) is 1.16. The fraction of sp³-hybridized carbons (Fsp3) is 1.00. The van der Waals surface area contributed by atoms with E-state index in [1.54, 1.807) is 0 Å². The highest BCUT2D eigenvalue weighted by Crippen LogP contribution is 2.07. The van der Waals surface area contributed by atoms with Gasteiger partial charge in [-0.2, -0.15) is 8.58 Å². The summed E-state index contributed by atoms with van der Waals surface area (Å²) in [7, 11) is 0. The summed E-state index contributed by atoms with van der Waals surface area (Å²) in [5, 5.41) is 16.0. The third-order valence-electron chi connectivity index (χ3n) is 0.201. The van der Waals surface area contributed by atoms with Gasteiger partial charge in [0.15, 0.2) is 0 Å². The normalized spacial score (nSPS) is 12.0. The molecule has 4 nitrogen and oxygen atoms in total. The third kappa shape index (κ3) is 3.04. The second-order valence-electron chi connectivity index (χ2n) is 0.703. The Hall–Kier alpha value is 0.420. The summed E-state index contributed by atoms with van der Waals surface area (Å²) in [6, 6.07) is 0. The summed E-state index contributed by atoms with van der Waals surface area (Å²) in [6.07, 6.45) is -2.89. The van der Waals surface area contributed by atoms with Crippen molar-refractivity contribution in [2.45, 2.75) is 6.16 Å². The van der Waals surface area contributed by atoms with Crippen molar-refractivity contribution < 1.29 is 18.8 Å². The number of halogens is 2. The number of hydrogen-bond acceptors (Lipinski definition) is 4. The number of hydrogen-bond donors (Lipinski definition) is 2. The highest BCUT2D eigenvalue weighted by atomic mass is 35.5. The Morgan fingerprint density at radius 1 is 1.14 bits per heavy atom. The van der Waals surface area contributed by atoms with Crippen molar-refractivity contribution >= 4 is 23.7 Å². The molecular weight excluding hydrogens is 147 g/mol. The Bertz CT molecular complexity index is 47.7. The maximum absolute atomic E-state index is 7.98. The molecule has 0 bridgehead atoms. The molecule has 0 aliphatic rings. The Morgan fingerprint density at radius 2 is 1.43 bits per heavy atom. The van der Waals surface area contributed by atoms with Crippen molar-refractivity contribution in [3.8, 4) is 0 Å². The van der Waals surface area contributed by atoms with Crippen LogP contribution >= 0.6 is 23.7 Å². The highest BCUT2D eigenvalue weighted by molar-refractivity contribution is 6.09. The maximum Gasteiger partial charge on any atom is 0.440 e. The Morgan fingerprint density at radius 3 is 1.43 bits per heavy atom. The van der Waals surface area contributed by atoms with Gasteiger partial charge in [0.1, 0.15) is 0 Å². The van der Waals surface area contributed by atoms with Gasteiger partial charge in [0, 0.05) is 0 Å². The Balaban J connectivity index is 3.36. The molecule has 0 atom stereocenters. The van der Waals surface area contributed by atoms with E-state index in [4.69, 9.17) is 10.2 Å². The van der Waals surface area contributed by atoms with E-state index in [9.17, 15) is 0 Å². The highest BCUT2D eigenvalue weighted by Gasteiger charge is 2.24. The molecule has 0 fully saturated rings. The molecule has 44 valence electrons. The lowest BCUT2D eigenvalue weighted by Crippen LogP contribution is -2.28. The molecule has 0 unspecified atom stereocenters. The molecule has 0 spiro atoms. The van der Waals surface area contributed by atoms with E-state index < -0.39 is 6.16 Å². The van der Waals surface area contributed by atoms with Gasteiger partial charge in [-0.3, -0.25) is 0 Å². The molecular formula is CH2Cl2O4. The second-order valence-corrected chi connectivity index (χ2v) is 1.01. The van der Waals surface area contributed by atoms with Crippen LogP contribution in [0.25, 0.3) is 0 Å². The fourth-order valence-corrected chi connectivity index (χ4v) is 0.107. The summed E-state index contributed by atoms with van der Waals surface area (Å²) in [5.74, 6) is 0. The Kier molecular flexibility index (Phi) is 2.82. The van der Waals surface area contributed by atoms with Gasteiger partial charge >= 0.3 is 6.16 Å². The molecule has 7 heavy (non-hydrogen) atoms. The van der Waals surface area contributed by atoms with Crippen molar-refractivity contribution in [1.29, 1.82) is 0 Å². The monoisotopic (exact) mass is 148 g/mol. The van der Waals surface area contributed by atoms with Crippen molar-refractivity contribution in [1.82, 2.24) is 0 Å². The summed E-state index contributed by atoms with van der Waals surface area (Å²) in [4.78, 5) is 0. The van der Waals surface area contributed by atoms with Gasteiger partial charge in [0.25, 0.3) is 0 Å². The van der Waals surface area contributed by atoms with E-state index in [0.29, 0.717) is 0 Å². The molecule has 0 radical (unpaired) electrons. The molecule has 0 saturated carbocycles. The lowest BCUT2D eigenvalue weighted by Gasteiger charge is -2.09. The standard InChI is InChI=1S/CH2Cl2O4/c2-6-1(4,5)7-3/h4-5H. The minimum absolute atomic E-state index is 2.89. The van der Waals surface area contributed by atoms with Crippen LogP contribution in [-0.2, 0) is 8.58 Å². The average molecular weight is 149 g/mol. The van der Waals surface area contributed by atoms with Crippen molar-refractivity contribution in [2.24, 2.45) is 0 Å². The lowest BCUT2D eigenvalue weighted by atomic mass is 11.2. The molecule has 0 amide bonds. The molecule has 0 aromatic rings. The van der Waals surface area contributed by atoms with Crippen LogP contribution in [0, 0.1) is 0 Å². The van der Waals surface area contributed by atoms with Crippen LogP contribution in [0.15, 0.2) is 0 Å². The molecule has 0 aromatic carbocycles. The van der Waals surface area contributed by atoms with Crippen LogP contribution in [0.2, 0.25) is 0 Å². The molecule has 0 aliphatic heterocycles. The molecule has 0 aliphatic carbocycles. The molecule has 0 heterocycles. The van der Waals surface area contributed by atoms with E-state index in [-0.39, 0.29) is 0 Å². The fourth-order valence-electron chi connectivity index (χ4n) is 0.0119. The molecule has 0 rings (SSSR count). The lowest BCUT2D eigenvalue weighted by molar-refractivity contribution is -0.402. The average Bonchev–Trinajstić information content (AvgIpc) is 1.68. The molecule has 6 heteroatoms. The Labute approximate surface area is 49.5 Å². The smallest absolute Gasteiger partial charge is 0.317 e. The molecule has 0 saturated heterocycles. The maximum atomic E-state index is 7.98. The largest absolute Gasteiger partial charge is 0.440 e. The predicted octanol–water partition coefficient (Wildman–Crippen LogP) is -0.0769. The van der Waals surface area contributed by atoms with Gasteiger partial charge in [0.2, 0.25) is 0 Å². The topological polar surface area (TPSA) is 58.9 Å². The minimum atomic E-state index is -2.89. The molecule has 2 N–H and O–H groups in total. The SMILES string of the molecule is OC(O)(OCl)OCl. The van der Waals surface area contributed by atoms with Gasteiger partial charge < -0.3 is 10.2 Å². The molecule has 0 aromatic heterocycles. The quantitative estimate of drug-likeness (QED) is 0.539. The minimum Gasteiger partial charge on any atom is -0.317 e. The van der Waals surface area contributed by atoms with Crippen molar-refractivity contribution in [2.75, 3.05) is 0 Å².